The minimum absolute atomic E-state index is 0. The molecule has 0 amide bonds. The number of aliphatic hydroxyl groups excluding tert-OH is 1. The van der Waals surface area contributed by atoms with Crippen molar-refractivity contribution >= 4 is 22.2 Å². The van der Waals surface area contributed by atoms with E-state index in [2.05, 4.69) is 5.32 Å². The third-order valence-electron chi connectivity index (χ3n) is 3.03. The topological polar surface area (TPSA) is 75.6 Å². The zero-order valence-electron chi connectivity index (χ0n) is 10.6. The Balaban J connectivity index is 0.00000180. The van der Waals surface area contributed by atoms with Crippen molar-refractivity contribution in [3.8, 4) is 5.75 Å². The normalized spacial score (nSPS) is 24.7. The van der Waals surface area contributed by atoms with Crippen LogP contribution in [0.15, 0.2) is 24.3 Å². The molecule has 0 aliphatic carbocycles. The van der Waals surface area contributed by atoms with Gasteiger partial charge in [0.15, 0.2) is 9.84 Å². The van der Waals surface area contributed by atoms with Gasteiger partial charge in [0.25, 0.3) is 0 Å². The monoisotopic (exact) mass is 307 g/mol. The molecule has 0 bridgehead atoms. The van der Waals surface area contributed by atoms with E-state index in [1.54, 1.807) is 7.11 Å². The van der Waals surface area contributed by atoms with E-state index in [1.165, 1.54) is 0 Å². The third-order valence-corrected chi connectivity index (χ3v) is 4.74. The first-order chi connectivity index (χ1) is 8.50. The van der Waals surface area contributed by atoms with Gasteiger partial charge in [-0.3, -0.25) is 0 Å². The second-order valence-corrected chi connectivity index (χ2v) is 6.64. The molecule has 2 atom stereocenters. The Kier molecular flexibility index (Phi) is 5.61. The Bertz CT molecular complexity index is 520. The van der Waals surface area contributed by atoms with Crippen molar-refractivity contribution < 1.29 is 18.3 Å². The van der Waals surface area contributed by atoms with Crippen molar-refractivity contribution in [3.05, 3.63) is 29.8 Å². The van der Waals surface area contributed by atoms with Crippen LogP contribution in [0.3, 0.4) is 0 Å². The first-order valence-electron chi connectivity index (χ1n) is 5.75. The molecule has 2 unspecified atom stereocenters. The van der Waals surface area contributed by atoms with Gasteiger partial charge in [0.2, 0.25) is 0 Å². The fraction of sp³-hybridized carbons (Fsp3) is 0.500. The minimum atomic E-state index is -3.10. The lowest BCUT2D eigenvalue weighted by Gasteiger charge is -2.15. The van der Waals surface area contributed by atoms with Crippen molar-refractivity contribution in [3.63, 3.8) is 0 Å². The molecule has 0 saturated carbocycles. The summed E-state index contributed by atoms with van der Waals surface area (Å²) < 4.78 is 27.8. The molecule has 0 radical (unpaired) electrons. The maximum absolute atomic E-state index is 11.3. The molecule has 1 aliphatic heterocycles. The number of aliphatic hydroxyl groups is 1. The molecule has 2 N–H and O–H groups in total. The maximum Gasteiger partial charge on any atom is 0.154 e. The Hall–Kier alpha value is -0.820. The number of ether oxygens (including phenoxy) is 1. The molecule has 1 saturated heterocycles. The molecule has 1 heterocycles. The fourth-order valence-corrected chi connectivity index (χ4v) is 3.83. The average molecular weight is 308 g/mol. The summed E-state index contributed by atoms with van der Waals surface area (Å²) in [5.41, 5.74) is 0.992. The molecule has 0 spiro atoms. The van der Waals surface area contributed by atoms with Gasteiger partial charge in [-0.1, -0.05) is 12.1 Å². The van der Waals surface area contributed by atoms with Gasteiger partial charge in [0, 0.05) is 12.6 Å². The van der Waals surface area contributed by atoms with Crippen LogP contribution in [0.4, 0.5) is 0 Å². The standard InChI is InChI=1S/C12H17NO4S.ClH/c1-17-10-4-2-3-9(5-10)6-13-11-7-18(15,16)8-12(11)14;/h2-5,11-14H,6-8H2,1H3;1H. The molecular weight excluding hydrogens is 290 g/mol. The molecule has 108 valence electrons. The number of hydrogen-bond acceptors (Lipinski definition) is 5. The van der Waals surface area contributed by atoms with Crippen LogP contribution in [0.25, 0.3) is 0 Å². The predicted octanol–water partition coefficient (Wildman–Crippen LogP) is 0.364. The van der Waals surface area contributed by atoms with Crippen molar-refractivity contribution in [1.29, 1.82) is 0 Å². The number of methoxy groups -OCH3 is 1. The zero-order chi connectivity index (χ0) is 13.2. The van der Waals surface area contributed by atoms with E-state index >= 15 is 0 Å². The smallest absolute Gasteiger partial charge is 0.154 e. The van der Waals surface area contributed by atoms with E-state index in [1.807, 2.05) is 24.3 Å². The number of benzene rings is 1. The summed E-state index contributed by atoms with van der Waals surface area (Å²) in [4.78, 5) is 0. The SMILES string of the molecule is COc1cccc(CNC2CS(=O)(=O)CC2O)c1.Cl. The van der Waals surface area contributed by atoms with Gasteiger partial charge >= 0.3 is 0 Å². The molecule has 1 aromatic carbocycles. The molecule has 2 rings (SSSR count). The van der Waals surface area contributed by atoms with Gasteiger partial charge in [-0.25, -0.2) is 8.42 Å². The lowest BCUT2D eigenvalue weighted by molar-refractivity contribution is 0.165. The molecule has 1 aliphatic rings. The Labute approximate surface area is 119 Å². The van der Waals surface area contributed by atoms with E-state index < -0.39 is 15.9 Å². The lowest BCUT2D eigenvalue weighted by Crippen LogP contribution is -2.38. The molecule has 19 heavy (non-hydrogen) atoms. The highest BCUT2D eigenvalue weighted by Gasteiger charge is 2.35. The van der Waals surface area contributed by atoms with Crippen LogP contribution in [0.2, 0.25) is 0 Å². The minimum Gasteiger partial charge on any atom is -0.497 e. The highest BCUT2D eigenvalue weighted by Crippen LogP contribution is 2.15. The van der Waals surface area contributed by atoms with Crippen LogP contribution in [0.1, 0.15) is 5.56 Å². The van der Waals surface area contributed by atoms with Crippen LogP contribution in [-0.4, -0.2) is 44.3 Å². The van der Waals surface area contributed by atoms with Gasteiger partial charge in [-0.05, 0) is 17.7 Å². The number of sulfone groups is 1. The zero-order valence-corrected chi connectivity index (χ0v) is 12.2. The van der Waals surface area contributed by atoms with Gasteiger partial charge < -0.3 is 15.2 Å². The quantitative estimate of drug-likeness (QED) is 0.840. The summed E-state index contributed by atoms with van der Waals surface area (Å²) in [7, 11) is -1.50. The van der Waals surface area contributed by atoms with Crippen molar-refractivity contribution in [2.75, 3.05) is 18.6 Å². The Morgan fingerprint density at radius 3 is 2.74 bits per heavy atom. The molecule has 7 heteroatoms. The summed E-state index contributed by atoms with van der Waals surface area (Å²) in [5.74, 6) is 0.606. The number of hydrogen-bond donors (Lipinski definition) is 2. The van der Waals surface area contributed by atoms with E-state index in [-0.39, 0.29) is 30.0 Å². The average Bonchev–Trinajstić information content (AvgIpc) is 2.60. The Morgan fingerprint density at radius 1 is 1.42 bits per heavy atom. The van der Waals surface area contributed by atoms with Gasteiger partial charge in [0.1, 0.15) is 5.75 Å². The second-order valence-electron chi connectivity index (χ2n) is 4.48. The van der Waals surface area contributed by atoms with Gasteiger partial charge in [-0.2, -0.15) is 0 Å². The van der Waals surface area contributed by atoms with Crippen LogP contribution in [0.5, 0.6) is 5.75 Å². The first kappa shape index (κ1) is 16.2. The molecule has 1 fully saturated rings. The van der Waals surface area contributed by atoms with E-state index in [0.717, 1.165) is 11.3 Å². The van der Waals surface area contributed by atoms with Crippen LogP contribution < -0.4 is 10.1 Å². The van der Waals surface area contributed by atoms with Crippen molar-refractivity contribution in [1.82, 2.24) is 5.32 Å². The summed E-state index contributed by atoms with van der Waals surface area (Å²) in [5, 5.41) is 12.7. The molecule has 0 aromatic heterocycles. The lowest BCUT2D eigenvalue weighted by atomic mass is 10.1. The van der Waals surface area contributed by atoms with E-state index in [4.69, 9.17) is 4.74 Å². The third kappa shape index (κ3) is 4.35. The maximum atomic E-state index is 11.3. The highest BCUT2D eigenvalue weighted by molar-refractivity contribution is 7.91. The number of rotatable bonds is 4. The second kappa shape index (κ2) is 6.56. The Morgan fingerprint density at radius 2 is 2.16 bits per heavy atom. The van der Waals surface area contributed by atoms with E-state index in [9.17, 15) is 13.5 Å². The number of nitrogens with one attached hydrogen (secondary N) is 1. The summed E-state index contributed by atoms with van der Waals surface area (Å²) in [6.07, 6.45) is -0.819. The summed E-state index contributed by atoms with van der Waals surface area (Å²) in [6, 6.07) is 7.13. The van der Waals surface area contributed by atoms with E-state index in [0.29, 0.717) is 6.54 Å². The largest absolute Gasteiger partial charge is 0.497 e. The van der Waals surface area contributed by atoms with Gasteiger partial charge in [0.05, 0.1) is 24.7 Å². The highest BCUT2D eigenvalue weighted by atomic mass is 35.5. The van der Waals surface area contributed by atoms with Crippen LogP contribution in [-0.2, 0) is 16.4 Å². The van der Waals surface area contributed by atoms with Crippen LogP contribution >= 0.6 is 12.4 Å². The summed E-state index contributed by atoms with van der Waals surface area (Å²) >= 11 is 0. The first-order valence-corrected chi connectivity index (χ1v) is 7.57. The molecule has 1 aromatic rings. The summed E-state index contributed by atoms with van der Waals surface area (Å²) in [6.45, 7) is 0.508. The fourth-order valence-electron chi connectivity index (χ4n) is 2.06. The predicted molar refractivity (Wildman–Crippen MR) is 75.5 cm³/mol. The molecule has 5 nitrogen and oxygen atoms in total. The van der Waals surface area contributed by atoms with Crippen LogP contribution in [0, 0.1) is 0 Å². The van der Waals surface area contributed by atoms with Crippen molar-refractivity contribution in [2.45, 2.75) is 18.7 Å². The molecular formula is C12H18ClNO4S. The van der Waals surface area contributed by atoms with Gasteiger partial charge in [-0.15, -0.1) is 12.4 Å². The number of halogens is 1. The van der Waals surface area contributed by atoms with Crippen molar-refractivity contribution in [2.24, 2.45) is 0 Å².